The summed E-state index contributed by atoms with van der Waals surface area (Å²) >= 11 is 0. The maximum Gasteiger partial charge on any atom is 1.00 e. The predicted octanol–water partition coefficient (Wildman–Crippen LogP) is -4.01. The Hall–Kier alpha value is 1.69. The van der Waals surface area contributed by atoms with E-state index >= 15 is 0 Å². The summed E-state index contributed by atoms with van der Waals surface area (Å²) in [7, 11) is -2.79. The van der Waals surface area contributed by atoms with Gasteiger partial charge in [-0.1, -0.05) is 0 Å². The zero-order valence-electron chi connectivity index (χ0n) is 8.01. The van der Waals surface area contributed by atoms with Crippen LogP contribution < -0.4 is 62.4 Å². The van der Waals surface area contributed by atoms with Gasteiger partial charge in [-0.15, -0.1) is 0 Å². The molecule has 12 heavy (non-hydrogen) atoms. The van der Waals surface area contributed by atoms with Gasteiger partial charge in [-0.2, -0.15) is 0 Å². The third kappa shape index (κ3) is 14.2. The molecule has 0 atom stereocenters. The molecule has 0 unspecified atom stereocenters. The molecule has 0 aliphatic carbocycles. The van der Waals surface area contributed by atoms with Crippen molar-refractivity contribution in [2.24, 2.45) is 5.73 Å². The van der Waals surface area contributed by atoms with Crippen LogP contribution in [0.15, 0.2) is 0 Å². The molecule has 0 fully saturated rings. The zero-order valence-corrected chi connectivity index (χ0v) is 12.1. The van der Waals surface area contributed by atoms with Crippen molar-refractivity contribution >= 4 is 8.56 Å². The summed E-state index contributed by atoms with van der Waals surface area (Å²) in [6.45, 7) is 3.78. The van der Waals surface area contributed by atoms with E-state index in [9.17, 15) is 0 Å². The quantitative estimate of drug-likeness (QED) is 0.270. The molecule has 0 aromatic heterocycles. The SMILES string of the molecule is C[Si](O)(O)CCCNCCN.[K+]. The normalized spacial score (nSPS) is 11.0. The second-order valence-electron chi connectivity index (χ2n) is 2.86. The maximum absolute atomic E-state index is 9.02. The topological polar surface area (TPSA) is 78.5 Å². The third-order valence-corrected chi connectivity index (χ3v) is 2.63. The minimum atomic E-state index is -2.79. The summed E-state index contributed by atoms with van der Waals surface area (Å²) in [5.74, 6) is 0. The fraction of sp³-hybridized carbons (Fsp3) is 1.00. The van der Waals surface area contributed by atoms with Crippen molar-refractivity contribution in [2.75, 3.05) is 19.6 Å². The Labute approximate surface area is 118 Å². The van der Waals surface area contributed by atoms with Gasteiger partial charge in [-0.3, -0.25) is 0 Å². The van der Waals surface area contributed by atoms with Gasteiger partial charge in [0.1, 0.15) is 0 Å². The maximum atomic E-state index is 9.02. The van der Waals surface area contributed by atoms with Crippen molar-refractivity contribution in [1.29, 1.82) is 0 Å². The van der Waals surface area contributed by atoms with E-state index in [-0.39, 0.29) is 51.4 Å². The van der Waals surface area contributed by atoms with Crippen molar-refractivity contribution in [2.45, 2.75) is 19.0 Å². The molecule has 0 amide bonds. The summed E-state index contributed by atoms with van der Waals surface area (Å²) in [4.78, 5) is 18.0. The first-order valence-electron chi connectivity index (χ1n) is 3.92. The Morgan fingerprint density at radius 3 is 2.33 bits per heavy atom. The van der Waals surface area contributed by atoms with Crippen LogP contribution in [0.2, 0.25) is 12.6 Å². The van der Waals surface area contributed by atoms with Crippen LogP contribution in [0.25, 0.3) is 0 Å². The van der Waals surface area contributed by atoms with Gasteiger partial charge in [-0.25, -0.2) is 0 Å². The molecule has 0 aliphatic heterocycles. The van der Waals surface area contributed by atoms with Gasteiger partial charge in [-0.05, 0) is 25.6 Å². The van der Waals surface area contributed by atoms with Crippen molar-refractivity contribution in [3.63, 3.8) is 0 Å². The molecular weight excluding hydrogens is 199 g/mol. The van der Waals surface area contributed by atoms with Gasteiger partial charge in [0.05, 0.1) is 0 Å². The van der Waals surface area contributed by atoms with Crippen LogP contribution in [0.5, 0.6) is 0 Å². The summed E-state index contributed by atoms with van der Waals surface area (Å²) in [5, 5.41) is 3.08. The number of hydrogen-bond donors (Lipinski definition) is 4. The number of rotatable bonds is 6. The zero-order chi connectivity index (χ0) is 8.74. The second-order valence-corrected chi connectivity index (χ2v) is 5.79. The van der Waals surface area contributed by atoms with Crippen molar-refractivity contribution in [3.8, 4) is 0 Å². The Morgan fingerprint density at radius 1 is 1.33 bits per heavy atom. The predicted molar refractivity (Wildman–Crippen MR) is 47.4 cm³/mol. The Kier molecular flexibility index (Phi) is 12.4. The molecule has 0 rings (SSSR count). The first kappa shape index (κ1) is 16.1. The van der Waals surface area contributed by atoms with Gasteiger partial charge in [0.15, 0.2) is 0 Å². The Balaban J connectivity index is 0. The van der Waals surface area contributed by atoms with E-state index < -0.39 is 8.56 Å². The van der Waals surface area contributed by atoms with Gasteiger partial charge in [0.2, 0.25) is 0 Å². The number of nitrogens with two attached hydrogens (primary N) is 1. The fourth-order valence-electron chi connectivity index (χ4n) is 0.775. The third-order valence-electron chi connectivity index (χ3n) is 1.33. The van der Waals surface area contributed by atoms with Crippen molar-refractivity contribution < 1.29 is 61.0 Å². The molecule has 4 nitrogen and oxygen atoms in total. The molecule has 68 valence electrons. The summed E-state index contributed by atoms with van der Waals surface area (Å²) < 4.78 is 0. The van der Waals surface area contributed by atoms with Crippen LogP contribution in [-0.4, -0.2) is 37.8 Å². The molecule has 0 saturated carbocycles. The molecule has 0 saturated heterocycles. The average Bonchev–Trinajstić information content (AvgIpc) is 1.85. The van der Waals surface area contributed by atoms with Crippen LogP contribution in [0.3, 0.4) is 0 Å². The summed E-state index contributed by atoms with van der Waals surface area (Å²) in [6.07, 6.45) is 0.815. The van der Waals surface area contributed by atoms with Gasteiger partial charge in [0.25, 0.3) is 0 Å². The van der Waals surface area contributed by atoms with Gasteiger partial charge < -0.3 is 20.6 Å². The molecule has 0 aliphatic rings. The van der Waals surface area contributed by atoms with E-state index in [1.54, 1.807) is 0 Å². The molecule has 0 spiro atoms. The minimum absolute atomic E-state index is 0. The molecule has 0 heterocycles. The van der Waals surface area contributed by atoms with Crippen LogP contribution in [0.1, 0.15) is 6.42 Å². The van der Waals surface area contributed by atoms with E-state index in [1.165, 1.54) is 6.55 Å². The molecule has 0 aromatic carbocycles. The molecule has 0 aromatic rings. The standard InChI is InChI=1S/C6H18N2O2Si.K/c1-11(9,10)6-2-4-8-5-3-7;/h8-10H,2-7H2,1H3;/q;+1. The van der Waals surface area contributed by atoms with Crippen molar-refractivity contribution in [1.82, 2.24) is 5.32 Å². The number of nitrogens with one attached hydrogen (secondary N) is 1. The molecule has 5 N–H and O–H groups in total. The van der Waals surface area contributed by atoms with E-state index in [0.717, 1.165) is 19.5 Å². The van der Waals surface area contributed by atoms with Gasteiger partial charge in [0, 0.05) is 13.1 Å². The van der Waals surface area contributed by atoms with E-state index in [1.807, 2.05) is 0 Å². The largest absolute Gasteiger partial charge is 1.00 e. The van der Waals surface area contributed by atoms with E-state index in [4.69, 9.17) is 15.3 Å². The summed E-state index contributed by atoms with van der Waals surface area (Å²) in [5.41, 5.74) is 5.24. The van der Waals surface area contributed by atoms with Crippen LogP contribution in [0, 0.1) is 0 Å². The molecule has 6 heteroatoms. The minimum Gasteiger partial charge on any atom is -0.411 e. The van der Waals surface area contributed by atoms with E-state index in [2.05, 4.69) is 5.32 Å². The monoisotopic (exact) mass is 217 g/mol. The van der Waals surface area contributed by atoms with Crippen LogP contribution in [0.4, 0.5) is 0 Å². The van der Waals surface area contributed by atoms with E-state index in [0.29, 0.717) is 12.6 Å². The molecule has 0 radical (unpaired) electrons. The smallest absolute Gasteiger partial charge is 0.411 e. The number of hydrogen-bond acceptors (Lipinski definition) is 4. The van der Waals surface area contributed by atoms with Crippen molar-refractivity contribution in [3.05, 3.63) is 0 Å². The van der Waals surface area contributed by atoms with Crippen LogP contribution in [-0.2, 0) is 0 Å². The first-order chi connectivity index (χ1) is 5.06. The summed E-state index contributed by atoms with van der Waals surface area (Å²) in [6, 6.07) is 0.532. The first-order valence-corrected chi connectivity index (χ1v) is 6.52. The average molecular weight is 217 g/mol. The van der Waals surface area contributed by atoms with Crippen LogP contribution >= 0.6 is 0 Å². The fourth-order valence-corrected chi connectivity index (χ4v) is 1.62. The Morgan fingerprint density at radius 2 is 1.92 bits per heavy atom. The molecular formula is C6H18KN2O2Si+. The Bertz CT molecular complexity index is 100. The molecule has 0 bridgehead atoms. The van der Waals surface area contributed by atoms with Gasteiger partial charge >= 0.3 is 59.9 Å². The second kappa shape index (κ2) is 9.26.